The highest BCUT2D eigenvalue weighted by Gasteiger charge is 2.28. The summed E-state index contributed by atoms with van der Waals surface area (Å²) in [7, 11) is 1.73. The van der Waals surface area contributed by atoms with Crippen molar-refractivity contribution in [1.29, 1.82) is 0 Å². The number of ether oxygens (including phenoxy) is 1. The van der Waals surface area contributed by atoms with E-state index in [0.29, 0.717) is 37.2 Å². The van der Waals surface area contributed by atoms with Crippen molar-refractivity contribution in [3.63, 3.8) is 0 Å². The Kier molecular flexibility index (Phi) is 4.33. The molecule has 0 amide bonds. The van der Waals surface area contributed by atoms with E-state index in [4.69, 9.17) is 14.1 Å². The summed E-state index contributed by atoms with van der Waals surface area (Å²) in [5.41, 5.74) is 2.88. The molecule has 0 spiro atoms. The highest BCUT2D eigenvalue weighted by Crippen LogP contribution is 2.27. The molecule has 1 atom stereocenters. The van der Waals surface area contributed by atoms with E-state index >= 15 is 0 Å². The summed E-state index contributed by atoms with van der Waals surface area (Å²) in [5, 5.41) is 0. The lowest BCUT2D eigenvalue weighted by Crippen LogP contribution is -2.41. The summed E-state index contributed by atoms with van der Waals surface area (Å²) in [6.07, 6.45) is 3.04. The van der Waals surface area contributed by atoms with Gasteiger partial charge < -0.3 is 14.1 Å². The molecule has 4 aromatic rings. The van der Waals surface area contributed by atoms with Crippen LogP contribution in [0.1, 0.15) is 12.0 Å². The molecule has 1 unspecified atom stereocenters. The first kappa shape index (κ1) is 17.6. The predicted octanol–water partition coefficient (Wildman–Crippen LogP) is 2.56. The van der Waals surface area contributed by atoms with E-state index in [1.165, 1.54) is 6.07 Å². The number of para-hydroxylation sites is 2. The highest BCUT2D eigenvalue weighted by atomic mass is 16.5. The normalized spacial score (nSPS) is 17.0. The quantitative estimate of drug-likeness (QED) is 0.532. The molecule has 1 saturated heterocycles. The van der Waals surface area contributed by atoms with Crippen molar-refractivity contribution in [3.05, 3.63) is 71.1 Å². The van der Waals surface area contributed by atoms with Gasteiger partial charge in [0.2, 0.25) is 11.8 Å². The van der Waals surface area contributed by atoms with Crippen LogP contribution in [0.5, 0.6) is 0 Å². The van der Waals surface area contributed by atoms with Crippen LogP contribution in [0.2, 0.25) is 0 Å². The van der Waals surface area contributed by atoms with Crippen molar-refractivity contribution in [2.75, 3.05) is 24.6 Å². The average Bonchev–Trinajstić information content (AvgIpc) is 3.21. The second kappa shape index (κ2) is 7.14. The van der Waals surface area contributed by atoms with Gasteiger partial charge in [-0.1, -0.05) is 12.1 Å². The van der Waals surface area contributed by atoms with Crippen LogP contribution in [0.15, 0.2) is 64.1 Å². The Hall–Kier alpha value is -3.52. The van der Waals surface area contributed by atoms with Crippen molar-refractivity contribution in [3.8, 4) is 11.3 Å². The summed E-state index contributed by atoms with van der Waals surface area (Å²) in [5.74, 6) is 1.12. The van der Waals surface area contributed by atoms with E-state index in [9.17, 15) is 4.79 Å². The summed E-state index contributed by atoms with van der Waals surface area (Å²) in [6.45, 7) is 1.60. The minimum Gasteiger partial charge on any atom is -0.438 e. The second-order valence-electron chi connectivity index (χ2n) is 6.90. The number of rotatable bonds is 3. The van der Waals surface area contributed by atoms with Crippen molar-refractivity contribution >= 4 is 17.0 Å². The summed E-state index contributed by atoms with van der Waals surface area (Å²) >= 11 is 0. The van der Waals surface area contributed by atoms with Crippen LogP contribution in [0.25, 0.3) is 22.4 Å². The van der Waals surface area contributed by atoms with Gasteiger partial charge in [0.15, 0.2) is 11.7 Å². The lowest BCUT2D eigenvalue weighted by molar-refractivity contribution is 0.0225. The largest absolute Gasteiger partial charge is 0.438 e. The maximum atomic E-state index is 12.6. The molecule has 4 heterocycles. The Bertz CT molecular complexity index is 1180. The molecule has 146 valence electrons. The lowest BCUT2D eigenvalue weighted by Gasteiger charge is -2.33. The van der Waals surface area contributed by atoms with Gasteiger partial charge in [0.05, 0.1) is 18.8 Å². The number of hydrogen-bond donors (Lipinski definition) is 0. The maximum Gasteiger partial charge on any atom is 0.255 e. The molecule has 3 aromatic heterocycles. The number of morpholine rings is 1. The zero-order valence-electron chi connectivity index (χ0n) is 15.9. The molecular weight excluding hydrogens is 370 g/mol. The van der Waals surface area contributed by atoms with Crippen LogP contribution in [-0.2, 0) is 11.8 Å². The number of hydrogen-bond acceptors (Lipinski definition) is 7. The summed E-state index contributed by atoms with van der Waals surface area (Å²) < 4.78 is 13.3. The van der Waals surface area contributed by atoms with Gasteiger partial charge in [-0.05, 0) is 24.3 Å². The molecule has 29 heavy (non-hydrogen) atoms. The summed E-state index contributed by atoms with van der Waals surface area (Å²) in [4.78, 5) is 27.9. The third-order valence-corrected chi connectivity index (χ3v) is 5.02. The van der Waals surface area contributed by atoms with Crippen molar-refractivity contribution < 1.29 is 9.15 Å². The van der Waals surface area contributed by atoms with Crippen LogP contribution in [-0.4, -0.2) is 39.2 Å². The van der Waals surface area contributed by atoms with E-state index in [1.807, 2.05) is 41.3 Å². The van der Waals surface area contributed by atoms with E-state index in [0.717, 1.165) is 16.7 Å². The molecule has 8 heteroatoms. The molecule has 0 radical (unpaired) electrons. The second-order valence-corrected chi connectivity index (χ2v) is 6.90. The van der Waals surface area contributed by atoms with Gasteiger partial charge in [0.25, 0.3) is 5.56 Å². The van der Waals surface area contributed by atoms with Gasteiger partial charge >= 0.3 is 0 Å². The third kappa shape index (κ3) is 3.27. The van der Waals surface area contributed by atoms with Gasteiger partial charge in [-0.15, -0.1) is 0 Å². The maximum absolute atomic E-state index is 12.6. The molecule has 0 bridgehead atoms. The lowest BCUT2D eigenvalue weighted by atomic mass is 10.2. The minimum atomic E-state index is -0.336. The van der Waals surface area contributed by atoms with Crippen LogP contribution in [0.4, 0.5) is 5.95 Å². The molecule has 0 saturated carbocycles. The predicted molar refractivity (Wildman–Crippen MR) is 108 cm³/mol. The molecular formula is C21H19N5O3. The summed E-state index contributed by atoms with van der Waals surface area (Å²) in [6, 6.07) is 12.8. The molecule has 1 aromatic carbocycles. The average molecular weight is 389 g/mol. The standard InChI is InChI=1S/C21H19N5O3/c1-25-19(27)12-16(14-6-8-22-9-7-14)24-21(25)26-10-11-28-18(13-26)20-23-15-4-2-3-5-17(15)29-20/h2-9,12,18H,10-11,13H2,1H3. The third-order valence-electron chi connectivity index (χ3n) is 5.02. The van der Waals surface area contributed by atoms with Crippen molar-refractivity contribution in [1.82, 2.24) is 19.5 Å². The van der Waals surface area contributed by atoms with Crippen LogP contribution in [0.3, 0.4) is 0 Å². The Morgan fingerprint density at radius 3 is 2.76 bits per heavy atom. The fraction of sp³-hybridized carbons (Fsp3) is 0.238. The first-order valence-electron chi connectivity index (χ1n) is 9.39. The number of pyridine rings is 1. The molecule has 1 aliphatic heterocycles. The van der Waals surface area contributed by atoms with Crippen molar-refractivity contribution in [2.45, 2.75) is 6.10 Å². The molecule has 0 N–H and O–H groups in total. The van der Waals surface area contributed by atoms with Crippen LogP contribution >= 0.6 is 0 Å². The van der Waals surface area contributed by atoms with Gasteiger partial charge in [-0.2, -0.15) is 0 Å². The smallest absolute Gasteiger partial charge is 0.255 e. The van der Waals surface area contributed by atoms with Crippen molar-refractivity contribution in [2.24, 2.45) is 7.05 Å². The van der Waals surface area contributed by atoms with E-state index in [-0.39, 0.29) is 11.7 Å². The highest BCUT2D eigenvalue weighted by molar-refractivity contribution is 5.72. The molecule has 8 nitrogen and oxygen atoms in total. The Morgan fingerprint density at radius 2 is 1.93 bits per heavy atom. The fourth-order valence-electron chi connectivity index (χ4n) is 3.49. The molecule has 1 aliphatic rings. The zero-order chi connectivity index (χ0) is 19.8. The van der Waals surface area contributed by atoms with E-state index in [2.05, 4.69) is 9.97 Å². The number of fused-ring (bicyclic) bond motifs is 1. The van der Waals surface area contributed by atoms with Gasteiger partial charge in [0, 0.05) is 37.6 Å². The number of anilines is 1. The Balaban J connectivity index is 1.49. The van der Waals surface area contributed by atoms with Gasteiger partial charge in [-0.3, -0.25) is 14.3 Å². The van der Waals surface area contributed by atoms with Gasteiger partial charge in [-0.25, -0.2) is 9.97 Å². The van der Waals surface area contributed by atoms with Crippen LogP contribution < -0.4 is 10.5 Å². The fourth-order valence-corrected chi connectivity index (χ4v) is 3.49. The number of oxazole rings is 1. The number of benzene rings is 1. The first-order chi connectivity index (χ1) is 14.2. The number of aromatic nitrogens is 4. The minimum absolute atomic E-state index is 0.119. The molecule has 0 aliphatic carbocycles. The monoisotopic (exact) mass is 389 g/mol. The van der Waals surface area contributed by atoms with Gasteiger partial charge in [0.1, 0.15) is 5.52 Å². The topological polar surface area (TPSA) is 86.3 Å². The van der Waals surface area contributed by atoms with E-state index in [1.54, 1.807) is 24.0 Å². The zero-order valence-corrected chi connectivity index (χ0v) is 15.9. The first-order valence-corrected chi connectivity index (χ1v) is 9.39. The van der Waals surface area contributed by atoms with Crippen LogP contribution in [0, 0.1) is 0 Å². The van der Waals surface area contributed by atoms with E-state index < -0.39 is 0 Å². The SMILES string of the molecule is Cn1c(N2CCOC(c3nc4ccccc4o3)C2)nc(-c2ccncc2)cc1=O. The Labute approximate surface area is 166 Å². The molecule has 1 fully saturated rings. The number of nitrogens with zero attached hydrogens (tertiary/aromatic N) is 5. The molecule has 5 rings (SSSR count). The Morgan fingerprint density at radius 1 is 1.10 bits per heavy atom.